The van der Waals surface area contributed by atoms with Crippen LogP contribution in [-0.4, -0.2) is 27.6 Å². The number of pyridine rings is 1. The quantitative estimate of drug-likeness (QED) is 0.320. The van der Waals surface area contributed by atoms with E-state index in [4.69, 9.17) is 10.9 Å². The van der Waals surface area contributed by atoms with E-state index in [1.807, 2.05) is 25.1 Å². The summed E-state index contributed by atoms with van der Waals surface area (Å²) in [5, 5.41) is 11.5. The molecule has 0 saturated carbocycles. The third kappa shape index (κ3) is 2.62. The molecule has 1 rings (SSSR count). The van der Waals surface area contributed by atoms with Gasteiger partial charge in [0.25, 0.3) is 0 Å². The molecule has 0 fully saturated rings. The Kier molecular flexibility index (Phi) is 3.72. The summed E-state index contributed by atoms with van der Waals surface area (Å²) in [6.07, 6.45) is 1.72. The van der Waals surface area contributed by atoms with Crippen LogP contribution in [0.15, 0.2) is 29.6 Å². The van der Waals surface area contributed by atoms with Gasteiger partial charge in [-0.05, 0) is 19.1 Å². The Morgan fingerprint density at radius 1 is 1.64 bits per heavy atom. The van der Waals surface area contributed by atoms with Crippen LogP contribution in [0, 0.1) is 0 Å². The van der Waals surface area contributed by atoms with Crippen LogP contribution in [0.3, 0.4) is 0 Å². The number of hydrogen-bond donors (Lipinski definition) is 2. The van der Waals surface area contributed by atoms with Gasteiger partial charge in [0, 0.05) is 12.7 Å². The average molecular weight is 194 g/mol. The molecule has 0 bridgehead atoms. The predicted octanol–water partition coefficient (Wildman–Crippen LogP) is 0.607. The van der Waals surface area contributed by atoms with Crippen LogP contribution in [0.1, 0.15) is 12.6 Å². The van der Waals surface area contributed by atoms with E-state index in [2.05, 4.69) is 10.1 Å². The third-order valence-corrected chi connectivity index (χ3v) is 1.89. The maximum atomic E-state index is 8.52. The Hall–Kier alpha value is -1.78. The maximum Gasteiger partial charge on any atom is 0.233 e. The number of hydrogen-bond acceptors (Lipinski definition) is 3. The molecule has 1 heterocycles. The molecule has 76 valence electrons. The molecule has 0 radical (unpaired) electrons. The third-order valence-electron chi connectivity index (χ3n) is 1.89. The van der Waals surface area contributed by atoms with E-state index >= 15 is 0 Å². The van der Waals surface area contributed by atoms with E-state index in [1.54, 1.807) is 11.1 Å². The minimum atomic E-state index is 0.109. The molecule has 0 aliphatic carbocycles. The number of nitrogens with two attached hydrogens (primary N) is 1. The second-order valence-electron chi connectivity index (χ2n) is 2.79. The molecular weight excluding hydrogens is 180 g/mol. The summed E-state index contributed by atoms with van der Waals surface area (Å²) in [5.74, 6) is 0.109. The summed E-state index contributed by atoms with van der Waals surface area (Å²) in [6.45, 7) is 3.15. The first-order valence-corrected chi connectivity index (χ1v) is 4.40. The lowest BCUT2D eigenvalue weighted by Crippen LogP contribution is -2.36. The second-order valence-corrected chi connectivity index (χ2v) is 2.79. The van der Waals surface area contributed by atoms with Crippen molar-refractivity contribution in [2.45, 2.75) is 13.5 Å². The molecule has 0 aliphatic rings. The first-order chi connectivity index (χ1) is 6.77. The molecule has 0 spiro atoms. The summed E-state index contributed by atoms with van der Waals surface area (Å²) in [6, 6.07) is 5.65. The van der Waals surface area contributed by atoms with Gasteiger partial charge in [-0.3, -0.25) is 4.98 Å². The zero-order valence-corrected chi connectivity index (χ0v) is 8.09. The van der Waals surface area contributed by atoms with Crippen LogP contribution in [0.4, 0.5) is 0 Å². The highest BCUT2D eigenvalue weighted by Crippen LogP contribution is 1.99. The maximum absolute atomic E-state index is 8.52. The monoisotopic (exact) mass is 194 g/mol. The minimum absolute atomic E-state index is 0.109. The highest BCUT2D eigenvalue weighted by Gasteiger charge is 2.06. The Labute approximate surface area is 82.9 Å². The van der Waals surface area contributed by atoms with Gasteiger partial charge in [0.1, 0.15) is 0 Å². The predicted molar refractivity (Wildman–Crippen MR) is 53.7 cm³/mol. The SMILES string of the molecule is CCN(Cc1ccccn1)C(N)=NO. The number of oxime groups is 1. The molecule has 0 atom stereocenters. The number of nitrogens with zero attached hydrogens (tertiary/aromatic N) is 3. The first-order valence-electron chi connectivity index (χ1n) is 4.40. The van der Waals surface area contributed by atoms with Crippen molar-refractivity contribution in [1.29, 1.82) is 0 Å². The molecule has 0 aromatic carbocycles. The normalized spacial score (nSPS) is 11.4. The van der Waals surface area contributed by atoms with E-state index in [1.165, 1.54) is 0 Å². The van der Waals surface area contributed by atoms with Gasteiger partial charge in [-0.2, -0.15) is 0 Å². The largest absolute Gasteiger partial charge is 0.408 e. The van der Waals surface area contributed by atoms with Crippen LogP contribution in [0.2, 0.25) is 0 Å². The summed E-state index contributed by atoms with van der Waals surface area (Å²) in [4.78, 5) is 5.87. The van der Waals surface area contributed by atoms with Crippen LogP contribution in [-0.2, 0) is 6.54 Å². The van der Waals surface area contributed by atoms with E-state index in [0.29, 0.717) is 13.1 Å². The second kappa shape index (κ2) is 5.06. The molecule has 5 heteroatoms. The summed E-state index contributed by atoms with van der Waals surface area (Å²) < 4.78 is 0. The van der Waals surface area contributed by atoms with Gasteiger partial charge < -0.3 is 15.8 Å². The fraction of sp³-hybridized carbons (Fsp3) is 0.333. The lowest BCUT2D eigenvalue weighted by atomic mass is 10.3. The summed E-state index contributed by atoms with van der Waals surface area (Å²) >= 11 is 0. The topological polar surface area (TPSA) is 74.7 Å². The van der Waals surface area contributed by atoms with E-state index in [9.17, 15) is 0 Å². The molecule has 0 saturated heterocycles. The fourth-order valence-corrected chi connectivity index (χ4v) is 1.11. The molecular formula is C9H14N4O. The lowest BCUT2D eigenvalue weighted by molar-refractivity contribution is 0.297. The zero-order chi connectivity index (χ0) is 10.4. The van der Waals surface area contributed by atoms with Crippen molar-refractivity contribution in [3.05, 3.63) is 30.1 Å². The van der Waals surface area contributed by atoms with Gasteiger partial charge in [-0.25, -0.2) is 0 Å². The van der Waals surface area contributed by atoms with Crippen molar-refractivity contribution in [2.24, 2.45) is 10.9 Å². The number of rotatable bonds is 3. The van der Waals surface area contributed by atoms with E-state index in [-0.39, 0.29) is 5.96 Å². The standard InChI is InChI=1S/C9H14N4O/c1-2-13(9(10)12-14)7-8-5-3-4-6-11-8/h3-6,14H,2,7H2,1H3,(H2,10,12). The molecule has 1 aromatic heterocycles. The first kappa shape index (κ1) is 10.3. The Morgan fingerprint density at radius 3 is 2.93 bits per heavy atom. The van der Waals surface area contributed by atoms with Gasteiger partial charge in [0.2, 0.25) is 5.96 Å². The highest BCUT2D eigenvalue weighted by atomic mass is 16.4. The lowest BCUT2D eigenvalue weighted by Gasteiger charge is -2.19. The van der Waals surface area contributed by atoms with Gasteiger partial charge in [-0.15, -0.1) is 0 Å². The van der Waals surface area contributed by atoms with E-state index in [0.717, 1.165) is 5.69 Å². The summed E-state index contributed by atoms with van der Waals surface area (Å²) in [5.41, 5.74) is 6.36. The molecule has 0 aliphatic heterocycles. The Bertz CT molecular complexity index is 299. The van der Waals surface area contributed by atoms with Crippen molar-refractivity contribution in [3.8, 4) is 0 Å². The summed E-state index contributed by atoms with van der Waals surface area (Å²) in [7, 11) is 0. The van der Waals surface area contributed by atoms with Gasteiger partial charge >= 0.3 is 0 Å². The van der Waals surface area contributed by atoms with Crippen molar-refractivity contribution in [2.75, 3.05) is 6.54 Å². The fourth-order valence-electron chi connectivity index (χ4n) is 1.11. The van der Waals surface area contributed by atoms with Crippen LogP contribution in [0.25, 0.3) is 0 Å². The van der Waals surface area contributed by atoms with Crippen molar-refractivity contribution in [3.63, 3.8) is 0 Å². The average Bonchev–Trinajstić information content (AvgIpc) is 2.26. The molecule has 0 unspecified atom stereocenters. The molecule has 0 amide bonds. The van der Waals surface area contributed by atoms with Crippen LogP contribution >= 0.6 is 0 Å². The molecule has 5 nitrogen and oxygen atoms in total. The van der Waals surface area contributed by atoms with Gasteiger partial charge in [0.05, 0.1) is 12.2 Å². The molecule has 1 aromatic rings. The van der Waals surface area contributed by atoms with Crippen molar-refractivity contribution >= 4 is 5.96 Å². The smallest absolute Gasteiger partial charge is 0.233 e. The van der Waals surface area contributed by atoms with Crippen molar-refractivity contribution in [1.82, 2.24) is 9.88 Å². The zero-order valence-electron chi connectivity index (χ0n) is 8.09. The minimum Gasteiger partial charge on any atom is -0.408 e. The number of guanidine groups is 1. The Morgan fingerprint density at radius 2 is 2.43 bits per heavy atom. The molecule has 14 heavy (non-hydrogen) atoms. The highest BCUT2D eigenvalue weighted by molar-refractivity contribution is 5.77. The van der Waals surface area contributed by atoms with Crippen LogP contribution < -0.4 is 5.73 Å². The number of aromatic nitrogens is 1. The van der Waals surface area contributed by atoms with Gasteiger partial charge in [0.15, 0.2) is 0 Å². The Balaban J connectivity index is 2.67. The van der Waals surface area contributed by atoms with E-state index < -0.39 is 0 Å². The van der Waals surface area contributed by atoms with Crippen LogP contribution in [0.5, 0.6) is 0 Å². The molecule has 3 N–H and O–H groups in total. The van der Waals surface area contributed by atoms with Crippen molar-refractivity contribution < 1.29 is 5.21 Å². The van der Waals surface area contributed by atoms with Gasteiger partial charge in [-0.1, -0.05) is 11.2 Å².